The van der Waals surface area contributed by atoms with Gasteiger partial charge in [0, 0.05) is 31.9 Å². The first-order valence-corrected chi connectivity index (χ1v) is 11.5. The minimum Gasteiger partial charge on any atom is -0.465 e. The third-order valence-corrected chi connectivity index (χ3v) is 6.17. The molecule has 0 unspecified atom stereocenters. The van der Waals surface area contributed by atoms with E-state index < -0.39 is 35.6 Å². The second-order valence-corrected chi connectivity index (χ2v) is 8.55. The molecule has 7 nitrogen and oxygen atoms in total. The lowest BCUT2D eigenvalue weighted by atomic mass is 9.91. The number of halogens is 3. The Morgan fingerprint density at radius 2 is 1.74 bits per heavy atom. The summed E-state index contributed by atoms with van der Waals surface area (Å²) in [5.41, 5.74) is 1.57. The number of ether oxygens (including phenoxy) is 1. The lowest BCUT2D eigenvalue weighted by Gasteiger charge is -2.39. The number of guanidine groups is 1. The van der Waals surface area contributed by atoms with Crippen LogP contribution in [0.25, 0.3) is 0 Å². The Morgan fingerprint density at radius 1 is 1.09 bits per heavy atom. The predicted molar refractivity (Wildman–Crippen MR) is 125 cm³/mol. The van der Waals surface area contributed by atoms with Crippen LogP contribution in [0, 0.1) is 12.8 Å². The number of nitrogens with zero attached hydrogens (tertiary/aromatic N) is 3. The normalized spacial score (nSPS) is 20.8. The molecule has 0 aromatic heterocycles. The van der Waals surface area contributed by atoms with Crippen molar-refractivity contribution in [3.05, 3.63) is 65.2 Å². The van der Waals surface area contributed by atoms with Crippen LogP contribution in [-0.4, -0.2) is 55.5 Å². The molecule has 0 spiro atoms. The zero-order valence-electron chi connectivity index (χ0n) is 19.5. The van der Waals surface area contributed by atoms with Gasteiger partial charge in [-0.3, -0.25) is 14.9 Å². The SMILES string of the molecule is CCOC(=O)[C@@H]1C(=O)NC(N2CCN(c3cccc(C(F)(F)F)c3)CC2)=N[C@H]1c1ccc(C)cc1. The lowest BCUT2D eigenvalue weighted by Crippen LogP contribution is -2.57. The average molecular weight is 489 g/mol. The van der Waals surface area contributed by atoms with Gasteiger partial charge < -0.3 is 14.5 Å². The standard InChI is InChI=1S/C25H27F3N4O3/c1-3-35-23(34)20-21(17-9-7-16(2)8-10-17)29-24(30-22(20)33)32-13-11-31(12-14-32)19-6-4-5-18(15-19)25(26,27)28/h4-10,15,20-21H,3,11-14H2,1-2H3,(H,29,30,33)/t20-,21-/m0/s1. The van der Waals surface area contributed by atoms with Crippen molar-refractivity contribution in [3.63, 3.8) is 0 Å². The van der Waals surface area contributed by atoms with Gasteiger partial charge in [0.2, 0.25) is 11.9 Å². The highest BCUT2D eigenvalue weighted by Gasteiger charge is 2.42. The van der Waals surface area contributed by atoms with E-state index in [-0.39, 0.29) is 6.61 Å². The summed E-state index contributed by atoms with van der Waals surface area (Å²) in [4.78, 5) is 34.1. The number of hydrogen-bond acceptors (Lipinski definition) is 6. The first kappa shape index (κ1) is 24.6. The second-order valence-electron chi connectivity index (χ2n) is 8.55. The molecule has 1 saturated heterocycles. The maximum atomic E-state index is 13.1. The van der Waals surface area contributed by atoms with Crippen molar-refractivity contribution in [2.45, 2.75) is 26.1 Å². The highest BCUT2D eigenvalue weighted by Crippen LogP contribution is 2.33. The van der Waals surface area contributed by atoms with E-state index in [9.17, 15) is 22.8 Å². The maximum Gasteiger partial charge on any atom is 0.416 e. The molecule has 2 heterocycles. The van der Waals surface area contributed by atoms with Gasteiger partial charge in [-0.15, -0.1) is 0 Å². The number of esters is 1. The molecule has 1 amide bonds. The quantitative estimate of drug-likeness (QED) is 0.527. The summed E-state index contributed by atoms with van der Waals surface area (Å²) in [5.74, 6) is -1.87. The number of carbonyl (C=O) groups is 2. The first-order valence-electron chi connectivity index (χ1n) is 11.5. The zero-order valence-corrected chi connectivity index (χ0v) is 19.5. The average Bonchev–Trinajstić information content (AvgIpc) is 2.84. The molecule has 2 aliphatic heterocycles. The van der Waals surface area contributed by atoms with Crippen LogP contribution in [0.5, 0.6) is 0 Å². The zero-order chi connectivity index (χ0) is 25.2. The number of rotatable bonds is 4. The summed E-state index contributed by atoms with van der Waals surface area (Å²) in [6.07, 6.45) is -4.40. The van der Waals surface area contributed by atoms with Crippen molar-refractivity contribution >= 4 is 23.5 Å². The topological polar surface area (TPSA) is 74.2 Å². The molecule has 186 valence electrons. The van der Waals surface area contributed by atoms with E-state index in [1.54, 1.807) is 13.0 Å². The van der Waals surface area contributed by atoms with Crippen LogP contribution in [0.3, 0.4) is 0 Å². The minimum absolute atomic E-state index is 0.150. The fraction of sp³-hybridized carbons (Fsp3) is 0.400. The molecule has 10 heteroatoms. The fourth-order valence-electron chi connectivity index (χ4n) is 4.28. The predicted octanol–water partition coefficient (Wildman–Crippen LogP) is 3.54. The van der Waals surface area contributed by atoms with Crippen molar-refractivity contribution in [2.75, 3.05) is 37.7 Å². The molecule has 2 aliphatic rings. The summed E-state index contributed by atoms with van der Waals surface area (Å²) < 4.78 is 44.4. The van der Waals surface area contributed by atoms with E-state index >= 15 is 0 Å². The minimum atomic E-state index is -4.40. The largest absolute Gasteiger partial charge is 0.465 e. The molecule has 0 saturated carbocycles. The van der Waals surface area contributed by atoms with Crippen LogP contribution < -0.4 is 10.2 Å². The second kappa shape index (κ2) is 9.97. The number of hydrogen-bond donors (Lipinski definition) is 1. The van der Waals surface area contributed by atoms with E-state index in [0.717, 1.165) is 23.3 Å². The van der Waals surface area contributed by atoms with Gasteiger partial charge in [0.05, 0.1) is 12.2 Å². The number of carbonyl (C=O) groups excluding carboxylic acids is 2. The van der Waals surface area contributed by atoms with Gasteiger partial charge in [0.1, 0.15) is 6.04 Å². The molecule has 2 aromatic carbocycles. The summed E-state index contributed by atoms with van der Waals surface area (Å²) in [6, 6.07) is 12.0. The maximum absolute atomic E-state index is 13.1. The highest BCUT2D eigenvalue weighted by atomic mass is 19.4. The van der Waals surface area contributed by atoms with E-state index in [1.807, 2.05) is 41.0 Å². The van der Waals surface area contributed by atoms with Gasteiger partial charge in [-0.2, -0.15) is 13.2 Å². The summed E-state index contributed by atoms with van der Waals surface area (Å²) in [7, 11) is 0. The Balaban J connectivity index is 1.54. The first-order chi connectivity index (χ1) is 16.7. The van der Waals surface area contributed by atoms with Gasteiger partial charge in [-0.05, 0) is 37.6 Å². The number of piperazine rings is 1. The Hall–Kier alpha value is -3.56. The van der Waals surface area contributed by atoms with Crippen molar-refractivity contribution in [1.82, 2.24) is 10.2 Å². The van der Waals surface area contributed by atoms with Gasteiger partial charge in [0.15, 0.2) is 5.92 Å². The van der Waals surface area contributed by atoms with Gasteiger partial charge in [0.25, 0.3) is 0 Å². The van der Waals surface area contributed by atoms with Crippen LogP contribution in [0.2, 0.25) is 0 Å². The smallest absolute Gasteiger partial charge is 0.416 e. The van der Waals surface area contributed by atoms with Crippen molar-refractivity contribution in [3.8, 4) is 0 Å². The van der Waals surface area contributed by atoms with Gasteiger partial charge in [-0.25, -0.2) is 4.99 Å². The molecule has 0 radical (unpaired) electrons. The molecular formula is C25H27F3N4O3. The van der Waals surface area contributed by atoms with Gasteiger partial charge in [-0.1, -0.05) is 35.9 Å². The van der Waals surface area contributed by atoms with Gasteiger partial charge >= 0.3 is 12.1 Å². The molecule has 1 N–H and O–H groups in total. The fourth-order valence-corrected chi connectivity index (χ4v) is 4.28. The number of aryl methyl sites for hydroxylation is 1. The number of anilines is 1. The van der Waals surface area contributed by atoms with Crippen LogP contribution in [0.1, 0.15) is 29.7 Å². The number of amides is 1. The van der Waals surface area contributed by atoms with Crippen LogP contribution in [-0.2, 0) is 20.5 Å². The summed E-state index contributed by atoms with van der Waals surface area (Å²) in [5, 5.41) is 2.74. The molecule has 35 heavy (non-hydrogen) atoms. The van der Waals surface area contributed by atoms with E-state index in [1.165, 1.54) is 6.07 Å². The molecule has 2 aromatic rings. The molecule has 1 fully saturated rings. The van der Waals surface area contributed by atoms with Crippen LogP contribution in [0.4, 0.5) is 18.9 Å². The third kappa shape index (κ3) is 5.41. The molecule has 0 aliphatic carbocycles. The number of alkyl halides is 3. The summed E-state index contributed by atoms with van der Waals surface area (Å²) in [6.45, 7) is 5.56. The number of nitrogens with one attached hydrogen (secondary N) is 1. The van der Waals surface area contributed by atoms with Crippen molar-refractivity contribution in [1.29, 1.82) is 0 Å². The van der Waals surface area contributed by atoms with E-state index in [0.29, 0.717) is 37.8 Å². The van der Waals surface area contributed by atoms with Crippen molar-refractivity contribution < 1.29 is 27.5 Å². The lowest BCUT2D eigenvalue weighted by molar-refractivity contribution is -0.153. The van der Waals surface area contributed by atoms with Crippen molar-refractivity contribution in [2.24, 2.45) is 10.9 Å². The number of aliphatic imine (C=N–C) groups is 1. The monoisotopic (exact) mass is 488 g/mol. The third-order valence-electron chi connectivity index (χ3n) is 6.17. The Bertz CT molecular complexity index is 1110. The number of benzene rings is 2. The Labute approximate surface area is 201 Å². The molecule has 4 rings (SSSR count). The van der Waals surface area contributed by atoms with Crippen LogP contribution >= 0.6 is 0 Å². The molecule has 2 atom stereocenters. The van der Waals surface area contributed by atoms with E-state index in [2.05, 4.69) is 5.32 Å². The van der Waals surface area contributed by atoms with E-state index in [4.69, 9.17) is 9.73 Å². The summed E-state index contributed by atoms with van der Waals surface area (Å²) >= 11 is 0. The Kier molecular flexibility index (Phi) is 7.00. The van der Waals surface area contributed by atoms with Crippen LogP contribution in [0.15, 0.2) is 53.5 Å². The highest BCUT2D eigenvalue weighted by molar-refractivity contribution is 6.08. The molecule has 0 bridgehead atoms. The Morgan fingerprint density at radius 3 is 2.37 bits per heavy atom. The molecular weight excluding hydrogens is 461 g/mol.